The molecule has 16 heavy (non-hydrogen) atoms. The van der Waals surface area contributed by atoms with Gasteiger partial charge in [-0.3, -0.25) is 4.90 Å². The van der Waals surface area contributed by atoms with Crippen LogP contribution in [0.5, 0.6) is 0 Å². The number of rotatable bonds is 4. The summed E-state index contributed by atoms with van der Waals surface area (Å²) in [4.78, 5) is 2.37. The van der Waals surface area contributed by atoms with Gasteiger partial charge in [0.2, 0.25) is 0 Å². The van der Waals surface area contributed by atoms with E-state index >= 15 is 0 Å². The van der Waals surface area contributed by atoms with E-state index in [1.807, 2.05) is 11.6 Å². The van der Waals surface area contributed by atoms with Gasteiger partial charge in [-0.1, -0.05) is 6.42 Å². The smallest absolute Gasteiger partial charge is 0.146 e. The molecular formula is C11H21N5. The number of aromatic nitrogens is 3. The van der Waals surface area contributed by atoms with Crippen LogP contribution in [-0.4, -0.2) is 39.3 Å². The van der Waals surface area contributed by atoms with Gasteiger partial charge in [0.1, 0.15) is 12.2 Å². The fourth-order valence-electron chi connectivity index (χ4n) is 2.66. The van der Waals surface area contributed by atoms with Crippen molar-refractivity contribution in [1.82, 2.24) is 19.7 Å². The summed E-state index contributed by atoms with van der Waals surface area (Å²) in [6.07, 6.45) is 5.58. The Hall–Kier alpha value is -0.940. The number of nitrogens with two attached hydrogens (primary N) is 1. The monoisotopic (exact) mass is 223 g/mol. The van der Waals surface area contributed by atoms with E-state index in [0.717, 1.165) is 18.9 Å². The molecule has 0 spiro atoms. The van der Waals surface area contributed by atoms with Crippen LogP contribution < -0.4 is 5.73 Å². The van der Waals surface area contributed by atoms with E-state index in [9.17, 15) is 0 Å². The fourth-order valence-corrected chi connectivity index (χ4v) is 2.66. The topological polar surface area (TPSA) is 60.0 Å². The molecule has 2 atom stereocenters. The molecule has 1 aliphatic carbocycles. The first-order chi connectivity index (χ1) is 7.72. The first-order valence-corrected chi connectivity index (χ1v) is 5.95. The molecule has 0 amide bonds. The predicted molar refractivity (Wildman–Crippen MR) is 62.7 cm³/mol. The van der Waals surface area contributed by atoms with Gasteiger partial charge in [-0.15, -0.1) is 10.2 Å². The maximum absolute atomic E-state index is 5.81. The highest BCUT2D eigenvalue weighted by Crippen LogP contribution is 2.28. The summed E-state index contributed by atoms with van der Waals surface area (Å²) in [5, 5.41) is 8.02. The lowest BCUT2D eigenvalue weighted by atomic mass is 10.0. The van der Waals surface area contributed by atoms with Crippen molar-refractivity contribution in [1.29, 1.82) is 0 Å². The molecule has 2 N–H and O–H groups in total. The van der Waals surface area contributed by atoms with Gasteiger partial charge in [0.25, 0.3) is 0 Å². The second-order valence-electron chi connectivity index (χ2n) is 4.77. The van der Waals surface area contributed by atoms with Gasteiger partial charge < -0.3 is 10.3 Å². The van der Waals surface area contributed by atoms with E-state index in [4.69, 9.17) is 5.73 Å². The van der Waals surface area contributed by atoms with Crippen LogP contribution in [-0.2, 0) is 13.6 Å². The van der Waals surface area contributed by atoms with E-state index in [1.54, 1.807) is 6.33 Å². The average molecular weight is 223 g/mol. The van der Waals surface area contributed by atoms with Crippen molar-refractivity contribution in [3.05, 3.63) is 12.2 Å². The maximum Gasteiger partial charge on any atom is 0.146 e. The lowest BCUT2D eigenvalue weighted by Crippen LogP contribution is -2.37. The third-order valence-electron chi connectivity index (χ3n) is 3.68. The van der Waals surface area contributed by atoms with Crippen LogP contribution in [0.4, 0.5) is 0 Å². The first-order valence-electron chi connectivity index (χ1n) is 5.95. The molecule has 1 aliphatic rings. The summed E-state index contributed by atoms with van der Waals surface area (Å²) in [5.41, 5.74) is 5.81. The minimum absolute atomic E-state index is 0.613. The first kappa shape index (κ1) is 11.5. The highest BCUT2D eigenvalue weighted by atomic mass is 15.3. The van der Waals surface area contributed by atoms with E-state index in [2.05, 4.69) is 22.1 Å². The average Bonchev–Trinajstić information content (AvgIpc) is 2.87. The fraction of sp³-hybridized carbons (Fsp3) is 0.818. The highest BCUT2D eigenvalue weighted by molar-refractivity contribution is 4.89. The Morgan fingerprint density at radius 3 is 3.00 bits per heavy atom. The zero-order chi connectivity index (χ0) is 11.5. The summed E-state index contributed by atoms with van der Waals surface area (Å²) >= 11 is 0. The zero-order valence-electron chi connectivity index (χ0n) is 10.1. The Balaban J connectivity index is 1.97. The van der Waals surface area contributed by atoms with Crippen LogP contribution in [0.2, 0.25) is 0 Å². The zero-order valence-corrected chi connectivity index (χ0v) is 10.1. The van der Waals surface area contributed by atoms with Crippen molar-refractivity contribution < 1.29 is 0 Å². The molecular weight excluding hydrogens is 202 g/mol. The summed E-state index contributed by atoms with van der Waals surface area (Å²) in [5.74, 6) is 1.67. The molecule has 1 fully saturated rings. The summed E-state index contributed by atoms with van der Waals surface area (Å²) in [6.45, 7) is 1.66. The second kappa shape index (κ2) is 4.93. The Morgan fingerprint density at radius 2 is 2.38 bits per heavy atom. The molecule has 5 nitrogen and oxygen atoms in total. The Bertz CT molecular complexity index is 335. The van der Waals surface area contributed by atoms with Crippen LogP contribution in [0.25, 0.3) is 0 Å². The van der Waals surface area contributed by atoms with Crippen molar-refractivity contribution >= 4 is 0 Å². The molecule has 5 heteroatoms. The Kier molecular flexibility index (Phi) is 3.56. The van der Waals surface area contributed by atoms with E-state index in [-0.39, 0.29) is 0 Å². The summed E-state index contributed by atoms with van der Waals surface area (Å²) in [6, 6.07) is 0.613. The number of nitrogens with zero attached hydrogens (tertiary/aromatic N) is 4. The van der Waals surface area contributed by atoms with Crippen molar-refractivity contribution in [3.63, 3.8) is 0 Å². The van der Waals surface area contributed by atoms with Crippen LogP contribution in [0.3, 0.4) is 0 Å². The van der Waals surface area contributed by atoms with Gasteiger partial charge >= 0.3 is 0 Å². The molecule has 1 heterocycles. The minimum atomic E-state index is 0.613. The Labute approximate surface area is 96.6 Å². The summed E-state index contributed by atoms with van der Waals surface area (Å²) < 4.78 is 1.98. The maximum atomic E-state index is 5.81. The number of hydrogen-bond donors (Lipinski definition) is 1. The second-order valence-corrected chi connectivity index (χ2v) is 4.77. The molecule has 0 bridgehead atoms. The van der Waals surface area contributed by atoms with Gasteiger partial charge in [0, 0.05) is 13.1 Å². The molecule has 2 unspecified atom stereocenters. The van der Waals surface area contributed by atoms with E-state index in [1.165, 1.54) is 19.3 Å². The largest absolute Gasteiger partial charge is 0.330 e. The van der Waals surface area contributed by atoms with Gasteiger partial charge in [-0.05, 0) is 32.4 Å². The SMILES string of the molecule is CN(Cc1nncn1C)C1CCCC1CN. The minimum Gasteiger partial charge on any atom is -0.330 e. The molecule has 0 radical (unpaired) electrons. The molecule has 1 aromatic rings. The molecule has 0 saturated heterocycles. The third-order valence-corrected chi connectivity index (χ3v) is 3.68. The van der Waals surface area contributed by atoms with Crippen LogP contribution in [0.1, 0.15) is 25.1 Å². The number of aryl methyl sites for hydroxylation is 1. The quantitative estimate of drug-likeness (QED) is 0.801. The Morgan fingerprint density at radius 1 is 1.56 bits per heavy atom. The summed E-state index contributed by atoms with van der Waals surface area (Å²) in [7, 11) is 4.14. The predicted octanol–water partition coefficient (Wildman–Crippen LogP) is 0.374. The molecule has 1 aromatic heterocycles. The normalized spacial score (nSPS) is 25.5. The lowest BCUT2D eigenvalue weighted by molar-refractivity contribution is 0.187. The number of hydrogen-bond acceptors (Lipinski definition) is 4. The van der Waals surface area contributed by atoms with Crippen LogP contribution in [0, 0.1) is 5.92 Å². The van der Waals surface area contributed by atoms with Gasteiger partial charge in [0.05, 0.1) is 6.54 Å². The lowest BCUT2D eigenvalue weighted by Gasteiger charge is -2.28. The van der Waals surface area contributed by atoms with Crippen molar-refractivity contribution in [2.75, 3.05) is 13.6 Å². The van der Waals surface area contributed by atoms with Crippen molar-refractivity contribution in [2.45, 2.75) is 31.8 Å². The standard InChI is InChI=1S/C11H21N5/c1-15(7-11-14-13-8-16(11)2)10-5-3-4-9(10)6-12/h8-10H,3-7,12H2,1-2H3. The van der Waals surface area contributed by atoms with Crippen molar-refractivity contribution in [3.8, 4) is 0 Å². The molecule has 2 rings (SSSR count). The highest BCUT2D eigenvalue weighted by Gasteiger charge is 2.29. The van der Waals surface area contributed by atoms with Crippen LogP contribution >= 0.6 is 0 Å². The molecule has 90 valence electrons. The molecule has 1 saturated carbocycles. The van der Waals surface area contributed by atoms with Gasteiger partial charge in [0.15, 0.2) is 0 Å². The van der Waals surface area contributed by atoms with Gasteiger partial charge in [-0.25, -0.2) is 0 Å². The molecule has 0 aromatic carbocycles. The van der Waals surface area contributed by atoms with Gasteiger partial charge in [-0.2, -0.15) is 0 Å². The third kappa shape index (κ3) is 2.25. The van der Waals surface area contributed by atoms with Crippen LogP contribution in [0.15, 0.2) is 6.33 Å². The van der Waals surface area contributed by atoms with Crippen molar-refractivity contribution in [2.24, 2.45) is 18.7 Å². The van der Waals surface area contributed by atoms with E-state index < -0.39 is 0 Å². The molecule has 0 aliphatic heterocycles. The van der Waals surface area contributed by atoms with E-state index in [0.29, 0.717) is 12.0 Å².